The number of nitrogens with zero attached hydrogens (tertiary/aromatic N) is 2. The predicted octanol–water partition coefficient (Wildman–Crippen LogP) is 7.11. The first-order valence-electron chi connectivity index (χ1n) is 9.45. The standard InChI is InChI=1S/C23H15BrClF2N3O/c24-14-7-5-13(6-8-14)20-12-18(16-10-9-15(25)11-21(16)31-22(26)27)29-23-28-17-3-1-2-4-19(17)30(20)23/h1-12,20,22H,(H,28,29)/t20-/m0/s1. The summed E-state index contributed by atoms with van der Waals surface area (Å²) in [7, 11) is 0. The summed E-state index contributed by atoms with van der Waals surface area (Å²) in [4.78, 5) is 4.72. The molecule has 0 unspecified atom stereocenters. The Kier molecular flexibility index (Phi) is 5.16. The van der Waals surface area contributed by atoms with Crippen LogP contribution in [0.3, 0.4) is 0 Å². The Morgan fingerprint density at radius 2 is 1.84 bits per heavy atom. The zero-order valence-corrected chi connectivity index (χ0v) is 18.2. The summed E-state index contributed by atoms with van der Waals surface area (Å²) in [6, 6.07) is 20.3. The highest BCUT2D eigenvalue weighted by molar-refractivity contribution is 9.10. The molecule has 0 radical (unpaired) electrons. The Morgan fingerprint density at radius 1 is 1.06 bits per heavy atom. The average molecular weight is 503 g/mol. The third-order valence-corrected chi connectivity index (χ3v) is 5.87. The molecule has 4 nitrogen and oxygen atoms in total. The average Bonchev–Trinajstić information content (AvgIpc) is 3.12. The molecule has 4 aromatic rings. The molecule has 1 aliphatic rings. The van der Waals surface area contributed by atoms with Gasteiger partial charge in [0.1, 0.15) is 5.75 Å². The number of benzene rings is 3. The summed E-state index contributed by atoms with van der Waals surface area (Å²) < 4.78 is 33.9. The molecule has 0 bridgehead atoms. The van der Waals surface area contributed by atoms with E-state index in [2.05, 4.69) is 25.8 Å². The summed E-state index contributed by atoms with van der Waals surface area (Å²) in [5, 5.41) is 3.60. The topological polar surface area (TPSA) is 39.1 Å². The molecule has 5 rings (SSSR count). The van der Waals surface area contributed by atoms with Crippen LogP contribution in [0.25, 0.3) is 16.7 Å². The van der Waals surface area contributed by atoms with E-state index < -0.39 is 6.61 Å². The van der Waals surface area contributed by atoms with Crippen LogP contribution in [0.5, 0.6) is 5.75 Å². The maximum absolute atomic E-state index is 13.0. The molecule has 31 heavy (non-hydrogen) atoms. The van der Waals surface area contributed by atoms with Crippen molar-refractivity contribution in [2.45, 2.75) is 12.7 Å². The number of alkyl halides is 2. The smallest absolute Gasteiger partial charge is 0.387 e. The molecule has 0 fully saturated rings. The van der Waals surface area contributed by atoms with E-state index in [9.17, 15) is 8.78 Å². The number of hydrogen-bond acceptors (Lipinski definition) is 3. The number of aromatic nitrogens is 2. The third-order valence-electron chi connectivity index (χ3n) is 5.11. The molecule has 0 saturated carbocycles. The lowest BCUT2D eigenvalue weighted by Gasteiger charge is -2.27. The van der Waals surface area contributed by atoms with Gasteiger partial charge in [0.25, 0.3) is 0 Å². The van der Waals surface area contributed by atoms with E-state index in [4.69, 9.17) is 21.3 Å². The van der Waals surface area contributed by atoms with E-state index in [-0.39, 0.29) is 11.8 Å². The van der Waals surface area contributed by atoms with Crippen molar-refractivity contribution in [1.29, 1.82) is 0 Å². The minimum Gasteiger partial charge on any atom is -0.434 e. The van der Waals surface area contributed by atoms with Gasteiger partial charge in [-0.25, -0.2) is 4.98 Å². The number of rotatable bonds is 4. The van der Waals surface area contributed by atoms with Gasteiger partial charge < -0.3 is 10.1 Å². The monoisotopic (exact) mass is 501 g/mol. The van der Waals surface area contributed by atoms with Crippen LogP contribution in [0.2, 0.25) is 5.02 Å². The maximum Gasteiger partial charge on any atom is 0.387 e. The third kappa shape index (κ3) is 3.79. The number of hydrogen-bond donors (Lipinski definition) is 1. The zero-order valence-electron chi connectivity index (χ0n) is 15.9. The summed E-state index contributed by atoms with van der Waals surface area (Å²) in [6.07, 6.45) is 1.98. The van der Waals surface area contributed by atoms with Crippen molar-refractivity contribution < 1.29 is 13.5 Å². The van der Waals surface area contributed by atoms with E-state index >= 15 is 0 Å². The Labute approximate surface area is 190 Å². The second-order valence-electron chi connectivity index (χ2n) is 7.01. The molecule has 2 heterocycles. The van der Waals surface area contributed by atoms with E-state index in [1.165, 1.54) is 6.07 Å². The number of allylic oxidation sites excluding steroid dienone is 1. The van der Waals surface area contributed by atoms with Crippen LogP contribution in [0.4, 0.5) is 14.7 Å². The van der Waals surface area contributed by atoms with Crippen molar-refractivity contribution in [2.75, 3.05) is 5.32 Å². The molecule has 0 amide bonds. The van der Waals surface area contributed by atoms with Crippen LogP contribution in [-0.4, -0.2) is 16.2 Å². The highest BCUT2D eigenvalue weighted by Crippen LogP contribution is 2.40. The molecular formula is C23H15BrClF2N3O. The van der Waals surface area contributed by atoms with Crippen LogP contribution in [0.15, 0.2) is 77.3 Å². The maximum atomic E-state index is 13.0. The molecule has 0 saturated heterocycles. The van der Waals surface area contributed by atoms with Crippen molar-refractivity contribution in [2.24, 2.45) is 0 Å². The van der Waals surface area contributed by atoms with Crippen LogP contribution in [0.1, 0.15) is 17.2 Å². The fourth-order valence-corrected chi connectivity index (χ4v) is 4.21. The fraction of sp³-hybridized carbons (Fsp3) is 0.0870. The quantitative estimate of drug-likeness (QED) is 0.323. The van der Waals surface area contributed by atoms with Crippen molar-refractivity contribution in [3.8, 4) is 5.75 Å². The lowest BCUT2D eigenvalue weighted by molar-refractivity contribution is -0.0500. The van der Waals surface area contributed by atoms with Gasteiger partial charge in [0.05, 0.1) is 22.8 Å². The molecule has 156 valence electrons. The molecular weight excluding hydrogens is 488 g/mol. The zero-order chi connectivity index (χ0) is 21.5. The van der Waals surface area contributed by atoms with Gasteiger partial charge in [-0.05, 0) is 54.1 Å². The molecule has 0 spiro atoms. The number of ether oxygens (including phenoxy) is 1. The van der Waals surface area contributed by atoms with Crippen molar-refractivity contribution >= 4 is 50.2 Å². The summed E-state index contributed by atoms with van der Waals surface area (Å²) in [5.41, 5.74) is 3.92. The van der Waals surface area contributed by atoms with Gasteiger partial charge >= 0.3 is 6.61 Å². The van der Waals surface area contributed by atoms with Gasteiger partial charge in [-0.2, -0.15) is 8.78 Å². The van der Waals surface area contributed by atoms with E-state index in [0.29, 0.717) is 22.2 Å². The largest absolute Gasteiger partial charge is 0.434 e. The first-order chi connectivity index (χ1) is 15.0. The minimum absolute atomic E-state index is 0.000340. The Morgan fingerprint density at radius 3 is 2.61 bits per heavy atom. The lowest BCUT2D eigenvalue weighted by atomic mass is 10.0. The SMILES string of the molecule is FC(F)Oc1cc(Cl)ccc1C1=C[C@@H](c2ccc(Br)cc2)n2c(nc3ccccc32)N1. The molecule has 1 N–H and O–H groups in total. The van der Waals surface area contributed by atoms with Crippen molar-refractivity contribution in [3.05, 3.63) is 93.4 Å². The molecule has 1 aromatic heterocycles. The van der Waals surface area contributed by atoms with Gasteiger partial charge in [-0.3, -0.25) is 4.57 Å². The minimum atomic E-state index is -2.96. The van der Waals surface area contributed by atoms with Crippen molar-refractivity contribution in [3.63, 3.8) is 0 Å². The number of anilines is 1. The molecule has 1 atom stereocenters. The fourth-order valence-electron chi connectivity index (χ4n) is 3.78. The highest BCUT2D eigenvalue weighted by atomic mass is 79.9. The molecule has 1 aliphatic heterocycles. The predicted molar refractivity (Wildman–Crippen MR) is 122 cm³/mol. The van der Waals surface area contributed by atoms with E-state index in [0.717, 1.165) is 21.1 Å². The lowest BCUT2D eigenvalue weighted by Crippen LogP contribution is -2.19. The Balaban J connectivity index is 1.70. The Hall–Kier alpha value is -2.90. The molecule has 3 aromatic carbocycles. The van der Waals surface area contributed by atoms with Gasteiger partial charge in [0.2, 0.25) is 5.95 Å². The summed E-state index contributed by atoms with van der Waals surface area (Å²) in [5.74, 6) is 0.616. The van der Waals surface area contributed by atoms with E-state index in [1.807, 2.05) is 54.6 Å². The second-order valence-corrected chi connectivity index (χ2v) is 8.37. The van der Waals surface area contributed by atoms with Crippen LogP contribution in [-0.2, 0) is 0 Å². The van der Waals surface area contributed by atoms with Crippen LogP contribution >= 0.6 is 27.5 Å². The van der Waals surface area contributed by atoms with Gasteiger partial charge in [0, 0.05) is 15.1 Å². The number of fused-ring (bicyclic) bond motifs is 3. The number of halogens is 4. The van der Waals surface area contributed by atoms with Crippen molar-refractivity contribution in [1.82, 2.24) is 9.55 Å². The van der Waals surface area contributed by atoms with E-state index in [1.54, 1.807) is 12.1 Å². The first kappa shape index (κ1) is 20.0. The summed E-state index contributed by atoms with van der Waals surface area (Å²) >= 11 is 9.50. The first-order valence-corrected chi connectivity index (χ1v) is 10.6. The Bertz CT molecular complexity index is 1300. The molecule has 8 heteroatoms. The van der Waals surface area contributed by atoms with Gasteiger partial charge in [-0.1, -0.05) is 51.8 Å². The van der Waals surface area contributed by atoms with Gasteiger partial charge in [-0.15, -0.1) is 0 Å². The van der Waals surface area contributed by atoms with Gasteiger partial charge in [0.15, 0.2) is 0 Å². The highest BCUT2D eigenvalue weighted by Gasteiger charge is 2.27. The second kappa shape index (κ2) is 7.98. The number of nitrogens with one attached hydrogen (secondary N) is 1. The van der Waals surface area contributed by atoms with Crippen LogP contribution < -0.4 is 10.1 Å². The number of para-hydroxylation sites is 2. The summed E-state index contributed by atoms with van der Waals surface area (Å²) in [6.45, 7) is -2.96. The van der Waals surface area contributed by atoms with Crippen LogP contribution in [0, 0.1) is 0 Å². The molecule has 0 aliphatic carbocycles. The number of imidazole rings is 1. The normalized spacial score (nSPS) is 15.5.